The quantitative estimate of drug-likeness (QED) is 0.362. The largest absolute Gasteiger partial charge is 0.459 e. The van der Waals surface area contributed by atoms with E-state index in [1.54, 1.807) is 20.8 Å². The summed E-state index contributed by atoms with van der Waals surface area (Å²) in [5.41, 5.74) is -1.93. The van der Waals surface area contributed by atoms with E-state index in [4.69, 9.17) is 9.47 Å². The number of carbonyl (C=O) groups is 1. The van der Waals surface area contributed by atoms with Crippen molar-refractivity contribution < 1.29 is 28.0 Å². The van der Waals surface area contributed by atoms with E-state index >= 15 is 0 Å². The molecule has 0 aliphatic carbocycles. The molecule has 0 bridgehead atoms. The third-order valence-electron chi connectivity index (χ3n) is 2.31. The molecular weight excluding hydrogens is 288 g/mol. The van der Waals surface area contributed by atoms with Crippen LogP contribution in [-0.4, -0.2) is 29.7 Å². The first-order valence-electron chi connectivity index (χ1n) is 6.06. The summed E-state index contributed by atoms with van der Waals surface area (Å²) in [4.78, 5) is 21.4. The van der Waals surface area contributed by atoms with Gasteiger partial charge in [0, 0.05) is 0 Å². The standard InChI is InChI=1S/C13H15F2NO5/c1-13(2,3)21-5-4-20-12(17)8-6-9(14)10(15)7-11(8)16(18)19/h6-7H,4-5H2,1-3H3. The highest BCUT2D eigenvalue weighted by atomic mass is 19.2. The number of esters is 1. The molecule has 0 aliphatic heterocycles. The van der Waals surface area contributed by atoms with Crippen molar-refractivity contribution in [1.82, 2.24) is 0 Å². The molecule has 1 rings (SSSR count). The highest BCUT2D eigenvalue weighted by molar-refractivity contribution is 5.93. The molecule has 0 amide bonds. The number of nitro benzene ring substituents is 1. The molecule has 116 valence electrons. The minimum Gasteiger partial charge on any atom is -0.459 e. The van der Waals surface area contributed by atoms with Crippen molar-refractivity contribution >= 4 is 11.7 Å². The van der Waals surface area contributed by atoms with Gasteiger partial charge in [-0.25, -0.2) is 13.6 Å². The van der Waals surface area contributed by atoms with Crippen LogP contribution in [0.5, 0.6) is 0 Å². The summed E-state index contributed by atoms with van der Waals surface area (Å²) in [5, 5.41) is 10.7. The molecule has 0 radical (unpaired) electrons. The monoisotopic (exact) mass is 303 g/mol. The molecule has 1 aromatic carbocycles. The van der Waals surface area contributed by atoms with Gasteiger partial charge < -0.3 is 9.47 Å². The van der Waals surface area contributed by atoms with E-state index in [1.165, 1.54) is 0 Å². The summed E-state index contributed by atoms with van der Waals surface area (Å²) in [6, 6.07) is 0.790. The summed E-state index contributed by atoms with van der Waals surface area (Å²) >= 11 is 0. The average Bonchev–Trinajstić information content (AvgIpc) is 2.35. The molecule has 0 aromatic heterocycles. The zero-order valence-corrected chi connectivity index (χ0v) is 11.8. The maximum atomic E-state index is 13.1. The molecule has 21 heavy (non-hydrogen) atoms. The average molecular weight is 303 g/mol. The van der Waals surface area contributed by atoms with Crippen molar-refractivity contribution in [2.45, 2.75) is 26.4 Å². The molecule has 0 saturated heterocycles. The Bertz CT molecular complexity index is 554. The first-order chi connectivity index (χ1) is 9.61. The van der Waals surface area contributed by atoms with Gasteiger partial charge in [0.2, 0.25) is 0 Å². The topological polar surface area (TPSA) is 78.7 Å². The molecular formula is C13H15F2NO5. The normalized spacial score (nSPS) is 11.3. The number of hydrogen-bond acceptors (Lipinski definition) is 5. The third-order valence-corrected chi connectivity index (χ3v) is 2.31. The van der Waals surface area contributed by atoms with Gasteiger partial charge in [0.25, 0.3) is 5.69 Å². The zero-order chi connectivity index (χ0) is 16.2. The van der Waals surface area contributed by atoms with Gasteiger partial charge in [0.05, 0.1) is 23.2 Å². The van der Waals surface area contributed by atoms with Crippen LogP contribution >= 0.6 is 0 Å². The number of carbonyl (C=O) groups excluding carboxylic acids is 1. The second-order valence-electron chi connectivity index (χ2n) is 5.14. The lowest BCUT2D eigenvalue weighted by molar-refractivity contribution is -0.385. The number of nitrogens with zero attached hydrogens (tertiary/aromatic N) is 1. The van der Waals surface area contributed by atoms with E-state index in [9.17, 15) is 23.7 Å². The predicted molar refractivity (Wildman–Crippen MR) is 69.0 cm³/mol. The third kappa shape index (κ3) is 5.07. The van der Waals surface area contributed by atoms with E-state index in [0.29, 0.717) is 12.1 Å². The molecule has 0 N–H and O–H groups in total. The van der Waals surface area contributed by atoms with Crippen LogP contribution in [0.4, 0.5) is 14.5 Å². The second kappa shape index (κ2) is 6.57. The van der Waals surface area contributed by atoms with E-state index in [2.05, 4.69) is 0 Å². The number of ether oxygens (including phenoxy) is 2. The first-order valence-corrected chi connectivity index (χ1v) is 6.06. The van der Waals surface area contributed by atoms with Crippen molar-refractivity contribution in [3.05, 3.63) is 39.4 Å². The van der Waals surface area contributed by atoms with Gasteiger partial charge in [-0.05, 0) is 26.8 Å². The van der Waals surface area contributed by atoms with Crippen LogP contribution in [0.25, 0.3) is 0 Å². The van der Waals surface area contributed by atoms with Gasteiger partial charge in [-0.3, -0.25) is 10.1 Å². The van der Waals surface area contributed by atoms with Crippen LogP contribution in [0.1, 0.15) is 31.1 Å². The maximum absolute atomic E-state index is 13.1. The van der Waals surface area contributed by atoms with E-state index in [0.717, 1.165) is 0 Å². The molecule has 0 fully saturated rings. The van der Waals surface area contributed by atoms with Crippen molar-refractivity contribution in [2.75, 3.05) is 13.2 Å². The number of benzene rings is 1. The van der Waals surface area contributed by atoms with Crippen LogP contribution in [0.15, 0.2) is 12.1 Å². The summed E-state index contributed by atoms with van der Waals surface area (Å²) in [6.45, 7) is 5.32. The first kappa shape index (κ1) is 17.0. The number of halogens is 2. The lowest BCUT2D eigenvalue weighted by atomic mass is 10.1. The minimum atomic E-state index is -1.41. The van der Waals surface area contributed by atoms with Crippen molar-refractivity contribution in [1.29, 1.82) is 0 Å². The van der Waals surface area contributed by atoms with Gasteiger partial charge in [-0.15, -0.1) is 0 Å². The summed E-state index contributed by atoms with van der Waals surface area (Å²) in [7, 11) is 0. The number of rotatable bonds is 5. The highest BCUT2D eigenvalue weighted by Gasteiger charge is 2.25. The Morgan fingerprint density at radius 1 is 1.24 bits per heavy atom. The van der Waals surface area contributed by atoms with Crippen LogP contribution in [-0.2, 0) is 9.47 Å². The SMILES string of the molecule is CC(C)(C)OCCOC(=O)c1cc(F)c(F)cc1[N+](=O)[O-]. The van der Waals surface area contributed by atoms with Gasteiger partial charge in [-0.1, -0.05) is 0 Å². The Hall–Kier alpha value is -2.09. The van der Waals surface area contributed by atoms with E-state index in [1.807, 2.05) is 0 Å². The van der Waals surface area contributed by atoms with Gasteiger partial charge in [0.1, 0.15) is 12.2 Å². The fourth-order valence-corrected chi connectivity index (χ4v) is 1.41. The fraction of sp³-hybridized carbons (Fsp3) is 0.462. The fourth-order valence-electron chi connectivity index (χ4n) is 1.41. The van der Waals surface area contributed by atoms with Crippen molar-refractivity contribution in [2.24, 2.45) is 0 Å². The van der Waals surface area contributed by atoms with Crippen molar-refractivity contribution in [3.63, 3.8) is 0 Å². The summed E-state index contributed by atoms with van der Waals surface area (Å²) in [5.74, 6) is -3.88. The Balaban J connectivity index is 2.78. The Morgan fingerprint density at radius 2 is 1.81 bits per heavy atom. The van der Waals surface area contributed by atoms with Crippen LogP contribution in [0.2, 0.25) is 0 Å². The lowest BCUT2D eigenvalue weighted by Crippen LogP contribution is -2.23. The van der Waals surface area contributed by atoms with Crippen LogP contribution < -0.4 is 0 Å². The molecule has 0 atom stereocenters. The number of hydrogen-bond donors (Lipinski definition) is 0. The Morgan fingerprint density at radius 3 is 2.33 bits per heavy atom. The summed E-state index contributed by atoms with van der Waals surface area (Å²) < 4.78 is 36.1. The van der Waals surface area contributed by atoms with Gasteiger partial charge >= 0.3 is 5.97 Å². The lowest BCUT2D eigenvalue weighted by Gasteiger charge is -2.19. The molecule has 1 aromatic rings. The van der Waals surface area contributed by atoms with Gasteiger partial charge in [0.15, 0.2) is 11.6 Å². The Kier molecular flexibility index (Phi) is 5.31. The second-order valence-corrected chi connectivity index (χ2v) is 5.14. The minimum absolute atomic E-state index is 0.0761. The smallest absolute Gasteiger partial charge is 0.345 e. The molecule has 8 heteroatoms. The Labute approximate surface area is 119 Å². The van der Waals surface area contributed by atoms with E-state index in [-0.39, 0.29) is 13.2 Å². The molecule has 0 unspecified atom stereocenters. The molecule has 0 aliphatic rings. The molecule has 0 heterocycles. The zero-order valence-electron chi connectivity index (χ0n) is 11.8. The number of nitro groups is 1. The predicted octanol–water partition coefficient (Wildman–Crippen LogP) is 2.84. The maximum Gasteiger partial charge on any atom is 0.345 e. The van der Waals surface area contributed by atoms with Crippen LogP contribution in [0, 0.1) is 21.7 Å². The highest BCUT2D eigenvalue weighted by Crippen LogP contribution is 2.23. The van der Waals surface area contributed by atoms with Gasteiger partial charge in [-0.2, -0.15) is 0 Å². The van der Waals surface area contributed by atoms with Crippen molar-refractivity contribution in [3.8, 4) is 0 Å². The molecule has 0 saturated carbocycles. The summed E-state index contributed by atoms with van der Waals surface area (Å²) in [6.07, 6.45) is 0. The van der Waals surface area contributed by atoms with Crippen LogP contribution in [0.3, 0.4) is 0 Å². The molecule has 0 spiro atoms. The molecule has 6 nitrogen and oxygen atoms in total. The van der Waals surface area contributed by atoms with E-state index < -0.39 is 39.4 Å².